The van der Waals surface area contributed by atoms with Gasteiger partial charge in [0, 0.05) is 19.7 Å². The fourth-order valence-corrected chi connectivity index (χ4v) is 2.85. The number of ether oxygens (including phenoxy) is 1. The zero-order chi connectivity index (χ0) is 16.6. The molecule has 1 heterocycles. The van der Waals surface area contributed by atoms with Gasteiger partial charge in [0.25, 0.3) is 0 Å². The Hall–Kier alpha value is -0.810. The molecule has 0 aliphatic carbocycles. The van der Waals surface area contributed by atoms with E-state index in [2.05, 4.69) is 12.2 Å². The molecular weight excluding hydrogens is 280 g/mol. The molecule has 0 spiro atoms. The topological polar surface area (TPSA) is 61.8 Å². The van der Waals surface area contributed by atoms with Crippen LogP contribution >= 0.6 is 0 Å². The van der Waals surface area contributed by atoms with Crippen molar-refractivity contribution in [2.75, 3.05) is 32.8 Å². The van der Waals surface area contributed by atoms with Crippen molar-refractivity contribution in [3.05, 3.63) is 0 Å². The molecule has 2 unspecified atom stereocenters. The Morgan fingerprint density at radius 3 is 2.77 bits per heavy atom. The third-order valence-corrected chi connectivity index (χ3v) is 4.15. The number of nitrogens with zero attached hydrogens (tertiary/aromatic N) is 1. The van der Waals surface area contributed by atoms with Crippen LogP contribution in [0, 0.1) is 11.8 Å². The zero-order valence-corrected chi connectivity index (χ0v) is 14.7. The van der Waals surface area contributed by atoms with Gasteiger partial charge in [-0.05, 0) is 65.0 Å². The van der Waals surface area contributed by atoms with E-state index in [9.17, 15) is 4.79 Å². The molecule has 0 aromatic carbocycles. The lowest BCUT2D eigenvalue weighted by molar-refractivity contribution is 0.0166. The number of amides is 1. The number of hydrogen-bond donors (Lipinski definition) is 2. The maximum absolute atomic E-state index is 12.1. The lowest BCUT2D eigenvalue weighted by Gasteiger charge is -2.34. The van der Waals surface area contributed by atoms with Gasteiger partial charge in [0.05, 0.1) is 0 Å². The van der Waals surface area contributed by atoms with Crippen LogP contribution in [0.5, 0.6) is 0 Å². The number of aliphatic hydroxyl groups excluding tert-OH is 1. The predicted molar refractivity (Wildman–Crippen MR) is 88.9 cm³/mol. The molecule has 1 rings (SSSR count). The first kappa shape index (κ1) is 19.2. The van der Waals surface area contributed by atoms with E-state index in [1.807, 2.05) is 25.7 Å². The summed E-state index contributed by atoms with van der Waals surface area (Å²) in [6, 6.07) is 0. The van der Waals surface area contributed by atoms with Gasteiger partial charge in [-0.2, -0.15) is 0 Å². The largest absolute Gasteiger partial charge is 0.444 e. The average Bonchev–Trinajstić information content (AvgIpc) is 2.45. The van der Waals surface area contributed by atoms with E-state index in [1.165, 1.54) is 0 Å². The van der Waals surface area contributed by atoms with E-state index in [0.29, 0.717) is 11.8 Å². The summed E-state index contributed by atoms with van der Waals surface area (Å²) in [5.41, 5.74) is -0.430. The first-order valence-electron chi connectivity index (χ1n) is 8.65. The zero-order valence-electron chi connectivity index (χ0n) is 14.7. The van der Waals surface area contributed by atoms with Crippen molar-refractivity contribution in [3.8, 4) is 0 Å². The Morgan fingerprint density at radius 2 is 2.18 bits per heavy atom. The molecule has 5 nitrogen and oxygen atoms in total. The Bertz CT molecular complexity index is 328. The highest BCUT2D eigenvalue weighted by Crippen LogP contribution is 2.19. The molecule has 0 aromatic rings. The summed E-state index contributed by atoms with van der Waals surface area (Å²) in [4.78, 5) is 14.0. The molecule has 2 N–H and O–H groups in total. The number of carbonyl (C=O) groups is 1. The first-order chi connectivity index (χ1) is 10.4. The molecule has 1 aliphatic heterocycles. The van der Waals surface area contributed by atoms with Crippen LogP contribution in [-0.4, -0.2) is 54.5 Å². The Balaban J connectivity index is 2.32. The number of rotatable bonds is 7. The van der Waals surface area contributed by atoms with E-state index in [1.54, 1.807) is 0 Å². The maximum Gasteiger partial charge on any atom is 0.410 e. The van der Waals surface area contributed by atoms with Crippen molar-refractivity contribution >= 4 is 6.09 Å². The van der Waals surface area contributed by atoms with E-state index >= 15 is 0 Å². The second-order valence-corrected chi connectivity index (χ2v) is 7.38. The van der Waals surface area contributed by atoms with Gasteiger partial charge in [-0.15, -0.1) is 0 Å². The molecule has 22 heavy (non-hydrogen) atoms. The third kappa shape index (κ3) is 7.45. The van der Waals surface area contributed by atoms with Crippen LogP contribution in [0.2, 0.25) is 0 Å². The predicted octanol–water partition coefficient (Wildman–Crippen LogP) is 2.63. The monoisotopic (exact) mass is 314 g/mol. The fourth-order valence-electron chi connectivity index (χ4n) is 2.85. The summed E-state index contributed by atoms with van der Waals surface area (Å²) in [6.07, 6.45) is 3.95. The van der Waals surface area contributed by atoms with E-state index in [-0.39, 0.29) is 12.7 Å². The summed E-state index contributed by atoms with van der Waals surface area (Å²) in [7, 11) is 0. The second kappa shape index (κ2) is 9.36. The molecule has 0 saturated carbocycles. The van der Waals surface area contributed by atoms with Crippen molar-refractivity contribution < 1.29 is 14.6 Å². The fraction of sp³-hybridized carbons (Fsp3) is 0.941. The van der Waals surface area contributed by atoms with E-state index in [0.717, 1.165) is 51.9 Å². The van der Waals surface area contributed by atoms with Crippen molar-refractivity contribution in [2.24, 2.45) is 11.8 Å². The van der Waals surface area contributed by atoms with Gasteiger partial charge >= 0.3 is 6.09 Å². The molecule has 1 fully saturated rings. The number of hydrogen-bond acceptors (Lipinski definition) is 4. The second-order valence-electron chi connectivity index (χ2n) is 7.38. The van der Waals surface area contributed by atoms with Crippen molar-refractivity contribution in [1.29, 1.82) is 0 Å². The highest BCUT2D eigenvalue weighted by Gasteiger charge is 2.27. The minimum atomic E-state index is -0.430. The van der Waals surface area contributed by atoms with Crippen molar-refractivity contribution in [1.82, 2.24) is 10.2 Å². The van der Waals surface area contributed by atoms with Gasteiger partial charge in [-0.1, -0.05) is 13.3 Å². The highest BCUT2D eigenvalue weighted by molar-refractivity contribution is 5.68. The van der Waals surface area contributed by atoms with E-state index in [4.69, 9.17) is 9.84 Å². The third-order valence-electron chi connectivity index (χ3n) is 4.15. The number of likely N-dealkylation sites (tertiary alicyclic amines) is 1. The molecule has 2 atom stereocenters. The molecule has 0 bridgehead atoms. The highest BCUT2D eigenvalue weighted by atomic mass is 16.6. The van der Waals surface area contributed by atoms with Gasteiger partial charge in [0.15, 0.2) is 0 Å². The van der Waals surface area contributed by atoms with Crippen LogP contribution in [0.1, 0.15) is 53.4 Å². The van der Waals surface area contributed by atoms with Crippen LogP contribution in [0.15, 0.2) is 0 Å². The smallest absolute Gasteiger partial charge is 0.410 e. The summed E-state index contributed by atoms with van der Waals surface area (Å²) in [5.74, 6) is 1.03. The number of piperidine rings is 1. The Kier molecular flexibility index (Phi) is 8.18. The molecule has 5 heteroatoms. The van der Waals surface area contributed by atoms with E-state index < -0.39 is 5.60 Å². The summed E-state index contributed by atoms with van der Waals surface area (Å²) >= 11 is 0. The molecule has 1 saturated heterocycles. The molecule has 1 amide bonds. The minimum Gasteiger partial charge on any atom is -0.444 e. The van der Waals surface area contributed by atoms with Crippen LogP contribution < -0.4 is 5.32 Å². The lowest BCUT2D eigenvalue weighted by atomic mass is 9.97. The molecule has 0 aromatic heterocycles. The summed E-state index contributed by atoms with van der Waals surface area (Å²) < 4.78 is 5.46. The number of nitrogens with one attached hydrogen (secondary N) is 1. The van der Waals surface area contributed by atoms with Crippen LogP contribution in [0.3, 0.4) is 0 Å². The van der Waals surface area contributed by atoms with Crippen molar-refractivity contribution in [2.45, 2.75) is 59.0 Å². The minimum absolute atomic E-state index is 0.191. The summed E-state index contributed by atoms with van der Waals surface area (Å²) in [6.45, 7) is 11.6. The molecule has 1 aliphatic rings. The Morgan fingerprint density at radius 1 is 1.45 bits per heavy atom. The van der Waals surface area contributed by atoms with Gasteiger partial charge < -0.3 is 20.1 Å². The molecule has 0 radical (unpaired) electrons. The van der Waals surface area contributed by atoms with Gasteiger partial charge in [0.1, 0.15) is 5.60 Å². The first-order valence-corrected chi connectivity index (χ1v) is 8.65. The van der Waals surface area contributed by atoms with Crippen LogP contribution in [-0.2, 0) is 4.74 Å². The number of aliphatic hydroxyl groups is 1. The van der Waals surface area contributed by atoms with Gasteiger partial charge in [-0.25, -0.2) is 4.79 Å². The maximum atomic E-state index is 12.1. The van der Waals surface area contributed by atoms with Gasteiger partial charge in [0.2, 0.25) is 0 Å². The van der Waals surface area contributed by atoms with Crippen LogP contribution in [0.4, 0.5) is 4.79 Å². The SMILES string of the molecule is CCC(CCO)CNCC1CCCN(C(=O)OC(C)(C)C)C1. The normalized spacial score (nSPS) is 20.8. The Labute approximate surface area is 135 Å². The standard InChI is InChI=1S/C17H34N2O3/c1-5-14(8-10-20)11-18-12-15-7-6-9-19(13-15)16(21)22-17(2,3)4/h14-15,18,20H,5-13H2,1-4H3. The van der Waals surface area contributed by atoms with Crippen molar-refractivity contribution in [3.63, 3.8) is 0 Å². The quantitative estimate of drug-likeness (QED) is 0.758. The van der Waals surface area contributed by atoms with Gasteiger partial charge in [-0.3, -0.25) is 0 Å². The lowest BCUT2D eigenvalue weighted by Crippen LogP contribution is -2.45. The average molecular weight is 314 g/mol. The molecule has 130 valence electrons. The summed E-state index contributed by atoms with van der Waals surface area (Å²) in [5, 5.41) is 12.5. The van der Waals surface area contributed by atoms with Crippen LogP contribution in [0.25, 0.3) is 0 Å². The molecular formula is C17H34N2O3. The number of carbonyl (C=O) groups excluding carboxylic acids is 1.